The minimum absolute atomic E-state index is 0.140. The summed E-state index contributed by atoms with van der Waals surface area (Å²) in [5.41, 5.74) is 6.83. The van der Waals surface area contributed by atoms with Gasteiger partial charge in [-0.25, -0.2) is 0 Å². The third kappa shape index (κ3) is 3.80. The van der Waals surface area contributed by atoms with E-state index in [9.17, 15) is 0 Å². The molecule has 19 heavy (non-hydrogen) atoms. The van der Waals surface area contributed by atoms with Crippen molar-refractivity contribution in [2.45, 2.75) is 19.4 Å². The zero-order valence-corrected chi connectivity index (χ0v) is 11.0. The summed E-state index contributed by atoms with van der Waals surface area (Å²) in [7, 11) is 1.49. The summed E-state index contributed by atoms with van der Waals surface area (Å²) in [5, 5.41) is 3.18. The molecule has 0 aliphatic rings. The Morgan fingerprint density at radius 3 is 2.63 bits per heavy atom. The second-order valence-corrected chi connectivity index (χ2v) is 4.24. The van der Waals surface area contributed by atoms with E-state index in [2.05, 4.69) is 39.3 Å². The number of nitrogens with zero attached hydrogens (tertiary/aromatic N) is 3. The number of rotatable bonds is 5. The van der Waals surface area contributed by atoms with Crippen LogP contribution in [0, 0.1) is 0 Å². The second kappa shape index (κ2) is 5.99. The Balaban J connectivity index is 2.02. The van der Waals surface area contributed by atoms with Gasteiger partial charge in [-0.2, -0.15) is 15.0 Å². The van der Waals surface area contributed by atoms with Crippen LogP contribution in [0.2, 0.25) is 0 Å². The van der Waals surface area contributed by atoms with E-state index in [0.717, 1.165) is 6.42 Å². The first-order valence-corrected chi connectivity index (χ1v) is 6.03. The van der Waals surface area contributed by atoms with Gasteiger partial charge in [-0.3, -0.25) is 0 Å². The monoisotopic (exact) mass is 259 g/mol. The number of aromatic nitrogens is 3. The molecule has 0 spiro atoms. The molecule has 1 aromatic carbocycles. The summed E-state index contributed by atoms with van der Waals surface area (Å²) in [4.78, 5) is 12.0. The molecule has 1 heterocycles. The maximum absolute atomic E-state index is 5.58. The molecule has 0 fully saturated rings. The van der Waals surface area contributed by atoms with Crippen LogP contribution in [-0.2, 0) is 6.42 Å². The molecule has 3 N–H and O–H groups in total. The summed E-state index contributed by atoms with van der Waals surface area (Å²) in [6, 6.07) is 10.6. The van der Waals surface area contributed by atoms with Gasteiger partial charge < -0.3 is 15.8 Å². The first-order valence-electron chi connectivity index (χ1n) is 6.03. The number of ether oxygens (including phenoxy) is 1. The highest BCUT2D eigenvalue weighted by Crippen LogP contribution is 2.11. The fourth-order valence-electron chi connectivity index (χ4n) is 1.77. The Kier molecular flexibility index (Phi) is 4.12. The topological polar surface area (TPSA) is 86.0 Å². The molecule has 1 aromatic heterocycles. The van der Waals surface area contributed by atoms with Gasteiger partial charge in [0.05, 0.1) is 7.11 Å². The van der Waals surface area contributed by atoms with E-state index in [1.165, 1.54) is 12.7 Å². The van der Waals surface area contributed by atoms with Crippen LogP contribution in [0.4, 0.5) is 11.9 Å². The molecule has 1 unspecified atom stereocenters. The molecule has 100 valence electrons. The molecule has 0 aliphatic carbocycles. The molecule has 0 saturated heterocycles. The van der Waals surface area contributed by atoms with E-state index >= 15 is 0 Å². The van der Waals surface area contributed by atoms with Crippen LogP contribution in [0.25, 0.3) is 0 Å². The van der Waals surface area contributed by atoms with Crippen LogP contribution >= 0.6 is 0 Å². The van der Waals surface area contributed by atoms with Gasteiger partial charge in [0, 0.05) is 6.04 Å². The highest BCUT2D eigenvalue weighted by Gasteiger charge is 2.08. The zero-order valence-electron chi connectivity index (χ0n) is 11.0. The first kappa shape index (κ1) is 13.1. The number of nitrogens with one attached hydrogen (secondary N) is 1. The molecule has 1 atom stereocenters. The molecule has 0 aliphatic heterocycles. The van der Waals surface area contributed by atoms with Gasteiger partial charge in [-0.15, -0.1) is 0 Å². The molecule has 0 saturated carbocycles. The van der Waals surface area contributed by atoms with Gasteiger partial charge in [0.15, 0.2) is 0 Å². The normalized spacial score (nSPS) is 11.9. The third-order valence-corrected chi connectivity index (χ3v) is 2.57. The number of anilines is 2. The fourth-order valence-corrected chi connectivity index (χ4v) is 1.77. The summed E-state index contributed by atoms with van der Waals surface area (Å²) < 4.78 is 4.95. The lowest BCUT2D eigenvalue weighted by Gasteiger charge is -2.14. The van der Waals surface area contributed by atoms with E-state index < -0.39 is 0 Å². The maximum atomic E-state index is 5.58. The lowest BCUT2D eigenvalue weighted by molar-refractivity contribution is 0.379. The van der Waals surface area contributed by atoms with Gasteiger partial charge in [0.1, 0.15) is 0 Å². The van der Waals surface area contributed by atoms with Crippen molar-refractivity contribution in [1.29, 1.82) is 0 Å². The molecule has 0 amide bonds. The number of nitrogens with two attached hydrogens (primary N) is 1. The largest absolute Gasteiger partial charge is 0.467 e. The Bertz CT molecular complexity index is 532. The maximum Gasteiger partial charge on any atom is 0.322 e. The van der Waals surface area contributed by atoms with Gasteiger partial charge >= 0.3 is 6.01 Å². The lowest BCUT2D eigenvalue weighted by Crippen LogP contribution is -2.20. The minimum atomic E-state index is 0.140. The van der Waals surface area contributed by atoms with Gasteiger partial charge in [-0.05, 0) is 18.9 Å². The Hall–Kier alpha value is -2.37. The smallest absolute Gasteiger partial charge is 0.322 e. The molecule has 2 aromatic rings. The van der Waals surface area contributed by atoms with Crippen molar-refractivity contribution in [3.05, 3.63) is 35.9 Å². The van der Waals surface area contributed by atoms with Gasteiger partial charge in [-0.1, -0.05) is 30.3 Å². The Labute approximate surface area is 112 Å². The predicted molar refractivity (Wildman–Crippen MR) is 74.0 cm³/mol. The molecule has 0 bridgehead atoms. The van der Waals surface area contributed by atoms with Crippen LogP contribution < -0.4 is 15.8 Å². The van der Waals surface area contributed by atoms with E-state index in [1.807, 2.05) is 18.2 Å². The van der Waals surface area contributed by atoms with Crippen molar-refractivity contribution in [1.82, 2.24) is 15.0 Å². The Morgan fingerprint density at radius 1 is 1.21 bits per heavy atom. The van der Waals surface area contributed by atoms with Gasteiger partial charge in [0.2, 0.25) is 11.9 Å². The second-order valence-electron chi connectivity index (χ2n) is 4.24. The lowest BCUT2D eigenvalue weighted by atomic mass is 10.1. The number of methoxy groups -OCH3 is 1. The molecule has 2 rings (SSSR count). The SMILES string of the molecule is COc1nc(N)nc(NC(C)Cc2ccccc2)n1. The van der Waals surface area contributed by atoms with E-state index in [0.29, 0.717) is 5.95 Å². The predicted octanol–water partition coefficient (Wildman–Crippen LogP) is 1.51. The fraction of sp³-hybridized carbons (Fsp3) is 0.308. The van der Waals surface area contributed by atoms with Crippen LogP contribution in [0.5, 0.6) is 6.01 Å². The first-order chi connectivity index (χ1) is 9.17. The molecule has 6 nitrogen and oxygen atoms in total. The van der Waals surface area contributed by atoms with Crippen molar-refractivity contribution in [3.8, 4) is 6.01 Å². The average Bonchev–Trinajstić information content (AvgIpc) is 2.38. The third-order valence-electron chi connectivity index (χ3n) is 2.57. The van der Waals surface area contributed by atoms with Crippen LogP contribution in [-0.4, -0.2) is 28.1 Å². The van der Waals surface area contributed by atoms with Crippen molar-refractivity contribution in [3.63, 3.8) is 0 Å². The highest BCUT2D eigenvalue weighted by atomic mass is 16.5. The van der Waals surface area contributed by atoms with E-state index in [4.69, 9.17) is 10.5 Å². The van der Waals surface area contributed by atoms with Crippen LogP contribution in [0.3, 0.4) is 0 Å². The highest BCUT2D eigenvalue weighted by molar-refractivity contribution is 5.34. The van der Waals surface area contributed by atoms with Crippen molar-refractivity contribution in [2.24, 2.45) is 0 Å². The number of benzene rings is 1. The zero-order chi connectivity index (χ0) is 13.7. The van der Waals surface area contributed by atoms with E-state index in [1.54, 1.807) is 0 Å². The summed E-state index contributed by atoms with van der Waals surface area (Å²) in [5.74, 6) is 0.564. The van der Waals surface area contributed by atoms with Crippen molar-refractivity contribution < 1.29 is 4.74 Å². The van der Waals surface area contributed by atoms with Crippen molar-refractivity contribution in [2.75, 3.05) is 18.2 Å². The Morgan fingerprint density at radius 2 is 1.95 bits per heavy atom. The number of nitrogen functional groups attached to an aromatic ring is 1. The average molecular weight is 259 g/mol. The van der Waals surface area contributed by atoms with Crippen LogP contribution in [0.15, 0.2) is 30.3 Å². The summed E-state index contributed by atoms with van der Waals surface area (Å²) in [6.07, 6.45) is 0.870. The quantitative estimate of drug-likeness (QED) is 0.846. The standard InChI is InChI=1S/C13H17N5O/c1-9(8-10-6-4-3-5-7-10)15-12-16-11(14)17-13(18-12)19-2/h3-7,9H,8H2,1-2H3,(H3,14,15,16,17,18). The van der Waals surface area contributed by atoms with Gasteiger partial charge in [0.25, 0.3) is 0 Å². The van der Waals surface area contributed by atoms with Crippen molar-refractivity contribution >= 4 is 11.9 Å². The summed E-state index contributed by atoms with van der Waals surface area (Å²) in [6.45, 7) is 2.06. The molecule has 6 heteroatoms. The summed E-state index contributed by atoms with van der Waals surface area (Å²) >= 11 is 0. The molecular weight excluding hydrogens is 242 g/mol. The number of hydrogen-bond donors (Lipinski definition) is 2. The van der Waals surface area contributed by atoms with Crippen LogP contribution in [0.1, 0.15) is 12.5 Å². The molecular formula is C13H17N5O. The van der Waals surface area contributed by atoms with E-state index in [-0.39, 0.29) is 18.0 Å². The number of hydrogen-bond acceptors (Lipinski definition) is 6. The molecule has 0 radical (unpaired) electrons. The minimum Gasteiger partial charge on any atom is -0.467 e.